The maximum atomic E-state index is 12.5. The van der Waals surface area contributed by atoms with Gasteiger partial charge in [0, 0.05) is 11.8 Å². The summed E-state index contributed by atoms with van der Waals surface area (Å²) >= 11 is 0. The summed E-state index contributed by atoms with van der Waals surface area (Å²) < 4.78 is 23.1. The number of nitrogens with one attached hydrogen (secondary N) is 1. The Labute approximate surface area is 158 Å². The number of hydrogen-bond donors (Lipinski definition) is 2. The van der Waals surface area contributed by atoms with E-state index in [0.29, 0.717) is 16.9 Å². The standard InChI is InChI=1S/C21H20N2O3S/c1-14-3-5-15(6-4-14)17-9-12-19(22)20(13-17)23-21(24)16-7-10-18(11-8-16)27(2,25)26/h3-13H,22H2,1-2H3,(H,23,24). The molecule has 0 aliphatic heterocycles. The summed E-state index contributed by atoms with van der Waals surface area (Å²) in [6.07, 6.45) is 1.12. The molecule has 6 heteroatoms. The van der Waals surface area contributed by atoms with Crippen molar-refractivity contribution in [1.29, 1.82) is 0 Å². The molecule has 0 unspecified atom stereocenters. The topological polar surface area (TPSA) is 89.3 Å². The molecular formula is C21H20N2O3S. The highest BCUT2D eigenvalue weighted by atomic mass is 32.2. The Kier molecular flexibility index (Phi) is 5.01. The summed E-state index contributed by atoms with van der Waals surface area (Å²) in [5.74, 6) is -0.359. The van der Waals surface area contributed by atoms with Crippen molar-refractivity contribution >= 4 is 27.1 Å². The van der Waals surface area contributed by atoms with Crippen LogP contribution in [0.4, 0.5) is 11.4 Å². The molecule has 0 spiro atoms. The Bertz CT molecular complexity index is 1090. The molecule has 0 atom stereocenters. The molecule has 0 fully saturated rings. The van der Waals surface area contributed by atoms with Crippen molar-refractivity contribution < 1.29 is 13.2 Å². The third kappa shape index (κ3) is 4.35. The van der Waals surface area contributed by atoms with Crippen molar-refractivity contribution in [2.45, 2.75) is 11.8 Å². The summed E-state index contributed by atoms with van der Waals surface area (Å²) in [7, 11) is -3.30. The van der Waals surface area contributed by atoms with E-state index in [1.165, 1.54) is 29.8 Å². The molecule has 0 bridgehead atoms. The molecule has 3 aromatic carbocycles. The van der Waals surface area contributed by atoms with Crippen molar-refractivity contribution in [1.82, 2.24) is 0 Å². The normalized spacial score (nSPS) is 11.2. The first-order valence-corrected chi connectivity index (χ1v) is 10.2. The lowest BCUT2D eigenvalue weighted by Crippen LogP contribution is -2.13. The summed E-state index contributed by atoms with van der Waals surface area (Å²) in [6, 6.07) is 19.3. The Balaban J connectivity index is 1.85. The average molecular weight is 380 g/mol. The van der Waals surface area contributed by atoms with Crippen LogP contribution in [0.15, 0.2) is 71.6 Å². The lowest BCUT2D eigenvalue weighted by Gasteiger charge is -2.11. The van der Waals surface area contributed by atoms with Gasteiger partial charge in [-0.2, -0.15) is 0 Å². The fourth-order valence-electron chi connectivity index (χ4n) is 2.64. The number of aryl methyl sites for hydroxylation is 1. The van der Waals surface area contributed by atoms with Crippen LogP contribution >= 0.6 is 0 Å². The smallest absolute Gasteiger partial charge is 0.255 e. The zero-order valence-electron chi connectivity index (χ0n) is 15.1. The van der Waals surface area contributed by atoms with Gasteiger partial charge in [-0.25, -0.2) is 8.42 Å². The molecule has 0 radical (unpaired) electrons. The zero-order chi connectivity index (χ0) is 19.6. The maximum Gasteiger partial charge on any atom is 0.255 e. The summed E-state index contributed by atoms with van der Waals surface area (Å²) in [5, 5.41) is 2.79. The van der Waals surface area contributed by atoms with Crippen molar-refractivity contribution in [3.63, 3.8) is 0 Å². The van der Waals surface area contributed by atoms with E-state index in [1.54, 1.807) is 6.07 Å². The number of sulfone groups is 1. The lowest BCUT2D eigenvalue weighted by atomic mass is 10.0. The van der Waals surface area contributed by atoms with E-state index in [2.05, 4.69) is 5.32 Å². The number of nitrogens with two attached hydrogens (primary N) is 1. The third-order valence-corrected chi connectivity index (χ3v) is 5.36. The van der Waals surface area contributed by atoms with E-state index in [4.69, 9.17) is 5.73 Å². The molecule has 0 saturated heterocycles. The van der Waals surface area contributed by atoms with Gasteiger partial charge >= 0.3 is 0 Å². The first-order chi connectivity index (χ1) is 12.7. The van der Waals surface area contributed by atoms with Crippen LogP contribution in [-0.2, 0) is 9.84 Å². The molecule has 0 heterocycles. The van der Waals surface area contributed by atoms with Gasteiger partial charge in [-0.15, -0.1) is 0 Å². The fourth-order valence-corrected chi connectivity index (χ4v) is 3.27. The van der Waals surface area contributed by atoms with Gasteiger partial charge in [0.15, 0.2) is 9.84 Å². The molecule has 0 aliphatic rings. The molecular weight excluding hydrogens is 360 g/mol. The van der Waals surface area contributed by atoms with Gasteiger partial charge < -0.3 is 11.1 Å². The summed E-state index contributed by atoms with van der Waals surface area (Å²) in [5.41, 5.74) is 10.4. The van der Waals surface area contributed by atoms with Gasteiger partial charge in [0.25, 0.3) is 5.91 Å². The lowest BCUT2D eigenvalue weighted by molar-refractivity contribution is 0.102. The van der Waals surface area contributed by atoms with Crippen molar-refractivity contribution in [2.75, 3.05) is 17.3 Å². The minimum Gasteiger partial charge on any atom is -0.397 e. The van der Waals surface area contributed by atoms with Crippen LogP contribution in [0.5, 0.6) is 0 Å². The van der Waals surface area contributed by atoms with Crippen LogP contribution in [0, 0.1) is 6.92 Å². The first-order valence-electron chi connectivity index (χ1n) is 8.32. The second-order valence-corrected chi connectivity index (χ2v) is 8.43. The van der Waals surface area contributed by atoms with E-state index < -0.39 is 9.84 Å². The largest absolute Gasteiger partial charge is 0.397 e. The van der Waals surface area contributed by atoms with E-state index >= 15 is 0 Å². The van der Waals surface area contributed by atoms with Crippen LogP contribution in [0.2, 0.25) is 0 Å². The Morgan fingerprint density at radius 1 is 0.889 bits per heavy atom. The van der Waals surface area contributed by atoms with Crippen molar-refractivity contribution in [2.24, 2.45) is 0 Å². The third-order valence-electron chi connectivity index (χ3n) is 4.23. The Morgan fingerprint density at radius 3 is 2.07 bits per heavy atom. The van der Waals surface area contributed by atoms with Crippen molar-refractivity contribution in [3.05, 3.63) is 77.9 Å². The van der Waals surface area contributed by atoms with Crippen molar-refractivity contribution in [3.8, 4) is 11.1 Å². The highest BCUT2D eigenvalue weighted by Crippen LogP contribution is 2.28. The number of carbonyl (C=O) groups excluding carboxylic acids is 1. The number of anilines is 2. The van der Waals surface area contributed by atoms with E-state index in [-0.39, 0.29) is 10.8 Å². The number of hydrogen-bond acceptors (Lipinski definition) is 4. The van der Waals surface area contributed by atoms with Gasteiger partial charge in [0.05, 0.1) is 16.3 Å². The second-order valence-electron chi connectivity index (χ2n) is 6.42. The predicted octanol–water partition coefficient (Wildman–Crippen LogP) is 3.90. The average Bonchev–Trinajstić information content (AvgIpc) is 2.63. The predicted molar refractivity (Wildman–Crippen MR) is 109 cm³/mol. The van der Waals surface area contributed by atoms with Gasteiger partial charge in [-0.3, -0.25) is 4.79 Å². The minimum absolute atomic E-state index is 0.167. The first kappa shape index (κ1) is 18.7. The minimum atomic E-state index is -3.30. The van der Waals surface area contributed by atoms with Crippen LogP contribution in [0.1, 0.15) is 15.9 Å². The maximum absolute atomic E-state index is 12.5. The van der Waals surface area contributed by atoms with E-state index in [1.807, 2.05) is 43.3 Å². The SMILES string of the molecule is Cc1ccc(-c2ccc(N)c(NC(=O)c3ccc(S(C)(=O)=O)cc3)c2)cc1. The fraction of sp³-hybridized carbons (Fsp3) is 0.0952. The molecule has 3 rings (SSSR count). The van der Waals surface area contributed by atoms with Crippen LogP contribution < -0.4 is 11.1 Å². The Morgan fingerprint density at radius 2 is 1.48 bits per heavy atom. The molecule has 1 amide bonds. The number of carbonyl (C=O) groups is 1. The summed E-state index contributed by atoms with van der Waals surface area (Å²) in [6.45, 7) is 2.02. The number of benzene rings is 3. The second kappa shape index (κ2) is 7.25. The van der Waals surface area contributed by atoms with Crippen LogP contribution in [0.25, 0.3) is 11.1 Å². The molecule has 0 aliphatic carbocycles. The highest BCUT2D eigenvalue weighted by Gasteiger charge is 2.12. The van der Waals surface area contributed by atoms with Gasteiger partial charge in [-0.1, -0.05) is 35.9 Å². The Hall–Kier alpha value is -3.12. The molecule has 3 aromatic rings. The van der Waals surface area contributed by atoms with Gasteiger partial charge in [-0.05, 0) is 54.4 Å². The van der Waals surface area contributed by atoms with Gasteiger partial charge in [0.2, 0.25) is 0 Å². The van der Waals surface area contributed by atoms with Crippen LogP contribution in [-0.4, -0.2) is 20.6 Å². The highest BCUT2D eigenvalue weighted by molar-refractivity contribution is 7.90. The number of amides is 1. The molecule has 5 nitrogen and oxygen atoms in total. The monoisotopic (exact) mass is 380 g/mol. The van der Waals surface area contributed by atoms with E-state index in [9.17, 15) is 13.2 Å². The molecule has 138 valence electrons. The number of rotatable bonds is 4. The van der Waals surface area contributed by atoms with E-state index in [0.717, 1.165) is 17.4 Å². The quantitative estimate of drug-likeness (QED) is 0.672. The molecule has 3 N–H and O–H groups in total. The summed E-state index contributed by atoms with van der Waals surface area (Å²) in [4.78, 5) is 12.7. The number of nitrogen functional groups attached to an aromatic ring is 1. The molecule has 0 saturated carbocycles. The molecule has 27 heavy (non-hydrogen) atoms. The van der Waals surface area contributed by atoms with Crippen LogP contribution in [0.3, 0.4) is 0 Å². The molecule has 0 aromatic heterocycles. The van der Waals surface area contributed by atoms with Gasteiger partial charge in [0.1, 0.15) is 0 Å². The zero-order valence-corrected chi connectivity index (χ0v) is 15.9.